The molecule has 5 heteroatoms. The average molecular weight is 341 g/mol. The van der Waals surface area contributed by atoms with Crippen LogP contribution in [0, 0.1) is 5.92 Å². The van der Waals surface area contributed by atoms with Gasteiger partial charge < -0.3 is 15.4 Å². The van der Waals surface area contributed by atoms with E-state index in [-0.39, 0.29) is 29.6 Å². The molecule has 0 aromatic rings. The predicted molar refractivity (Wildman–Crippen MR) is 78.6 cm³/mol. The fourth-order valence-electron chi connectivity index (χ4n) is 1.26. The highest BCUT2D eigenvalue weighted by Crippen LogP contribution is 2.28. The summed E-state index contributed by atoms with van der Waals surface area (Å²) < 4.78 is 5.33. The first-order valence-corrected chi connectivity index (χ1v) is 5.51. The SMILES string of the molecule is CN=C(NCC(C)(C)OC)NC1CC1C.I. The highest BCUT2D eigenvalue weighted by atomic mass is 127. The minimum atomic E-state index is -0.160. The number of halogens is 1. The van der Waals surface area contributed by atoms with Crippen LogP contribution in [-0.4, -0.2) is 38.3 Å². The van der Waals surface area contributed by atoms with Gasteiger partial charge in [-0.25, -0.2) is 0 Å². The molecule has 0 aromatic heterocycles. The van der Waals surface area contributed by atoms with Crippen molar-refractivity contribution in [1.82, 2.24) is 10.6 Å². The number of rotatable bonds is 4. The molecule has 1 fully saturated rings. The minimum absolute atomic E-state index is 0. The molecule has 1 saturated carbocycles. The third-order valence-electron chi connectivity index (χ3n) is 2.89. The number of guanidine groups is 1. The van der Waals surface area contributed by atoms with Crippen LogP contribution in [-0.2, 0) is 4.74 Å². The summed E-state index contributed by atoms with van der Waals surface area (Å²) in [6.45, 7) is 7.09. The van der Waals surface area contributed by atoms with Gasteiger partial charge in [0.25, 0.3) is 0 Å². The Labute approximate surface area is 116 Å². The van der Waals surface area contributed by atoms with Crippen LogP contribution in [0.4, 0.5) is 0 Å². The van der Waals surface area contributed by atoms with E-state index < -0.39 is 0 Å². The molecule has 4 nitrogen and oxygen atoms in total. The molecule has 1 aliphatic carbocycles. The quantitative estimate of drug-likeness (QED) is 0.464. The summed E-state index contributed by atoms with van der Waals surface area (Å²) in [7, 11) is 3.52. The van der Waals surface area contributed by atoms with Gasteiger partial charge in [0, 0.05) is 26.7 Å². The molecule has 2 unspecified atom stereocenters. The van der Waals surface area contributed by atoms with Gasteiger partial charge >= 0.3 is 0 Å². The van der Waals surface area contributed by atoms with E-state index >= 15 is 0 Å². The number of ether oxygens (including phenoxy) is 1. The van der Waals surface area contributed by atoms with E-state index in [1.807, 2.05) is 13.8 Å². The molecule has 1 rings (SSSR count). The fraction of sp³-hybridized carbons (Fsp3) is 0.909. The van der Waals surface area contributed by atoms with Crippen molar-refractivity contribution >= 4 is 29.9 Å². The van der Waals surface area contributed by atoms with Gasteiger partial charge in [-0.05, 0) is 26.2 Å². The second kappa shape index (κ2) is 6.64. The van der Waals surface area contributed by atoms with Crippen LogP contribution in [0.15, 0.2) is 4.99 Å². The molecule has 16 heavy (non-hydrogen) atoms. The van der Waals surface area contributed by atoms with Crippen molar-refractivity contribution in [2.75, 3.05) is 20.7 Å². The minimum Gasteiger partial charge on any atom is -0.377 e. The molecule has 0 aromatic carbocycles. The van der Waals surface area contributed by atoms with Crippen LogP contribution in [0.25, 0.3) is 0 Å². The third kappa shape index (κ3) is 5.34. The van der Waals surface area contributed by atoms with Crippen LogP contribution in [0.2, 0.25) is 0 Å². The summed E-state index contributed by atoms with van der Waals surface area (Å²) in [4.78, 5) is 4.18. The lowest BCUT2D eigenvalue weighted by Crippen LogP contribution is -2.46. The summed E-state index contributed by atoms with van der Waals surface area (Å²) in [5.41, 5.74) is -0.160. The topological polar surface area (TPSA) is 45.7 Å². The Morgan fingerprint density at radius 3 is 2.44 bits per heavy atom. The van der Waals surface area contributed by atoms with E-state index in [4.69, 9.17) is 4.74 Å². The smallest absolute Gasteiger partial charge is 0.191 e. The number of methoxy groups -OCH3 is 1. The highest BCUT2D eigenvalue weighted by molar-refractivity contribution is 14.0. The summed E-state index contributed by atoms with van der Waals surface area (Å²) in [6, 6.07) is 0.599. The van der Waals surface area contributed by atoms with Crippen molar-refractivity contribution < 1.29 is 4.74 Å². The van der Waals surface area contributed by atoms with Crippen molar-refractivity contribution in [1.29, 1.82) is 0 Å². The normalized spacial score (nSPS) is 24.7. The molecule has 0 saturated heterocycles. The van der Waals surface area contributed by atoms with E-state index in [1.165, 1.54) is 6.42 Å². The van der Waals surface area contributed by atoms with Gasteiger partial charge in [-0.1, -0.05) is 6.92 Å². The number of nitrogens with one attached hydrogen (secondary N) is 2. The van der Waals surface area contributed by atoms with Crippen LogP contribution in [0.3, 0.4) is 0 Å². The lowest BCUT2D eigenvalue weighted by atomic mass is 10.1. The van der Waals surface area contributed by atoms with Crippen LogP contribution >= 0.6 is 24.0 Å². The lowest BCUT2D eigenvalue weighted by Gasteiger charge is -2.24. The summed E-state index contributed by atoms with van der Waals surface area (Å²) in [6.07, 6.45) is 1.24. The standard InChI is InChI=1S/C11H23N3O.HI/c1-8-6-9(8)14-10(12-4)13-7-11(2,3)15-5;/h8-9H,6-7H2,1-5H3,(H2,12,13,14);1H. The molecular weight excluding hydrogens is 317 g/mol. The van der Waals surface area contributed by atoms with E-state index in [1.54, 1.807) is 14.2 Å². The van der Waals surface area contributed by atoms with Crippen molar-refractivity contribution in [2.45, 2.75) is 38.8 Å². The Kier molecular flexibility index (Phi) is 6.62. The Morgan fingerprint density at radius 2 is 2.06 bits per heavy atom. The van der Waals surface area contributed by atoms with E-state index in [2.05, 4.69) is 22.5 Å². The maximum Gasteiger partial charge on any atom is 0.191 e. The largest absolute Gasteiger partial charge is 0.377 e. The van der Waals surface area contributed by atoms with Crippen LogP contribution in [0.1, 0.15) is 27.2 Å². The monoisotopic (exact) mass is 341 g/mol. The summed E-state index contributed by atoms with van der Waals surface area (Å²) >= 11 is 0. The van der Waals surface area contributed by atoms with E-state index in [0.717, 1.165) is 18.4 Å². The fourth-order valence-corrected chi connectivity index (χ4v) is 1.26. The molecule has 0 aliphatic heterocycles. The van der Waals surface area contributed by atoms with Crippen molar-refractivity contribution in [2.24, 2.45) is 10.9 Å². The average Bonchev–Trinajstić information content (AvgIpc) is 2.89. The first kappa shape index (κ1) is 16.0. The molecule has 1 aliphatic rings. The highest BCUT2D eigenvalue weighted by Gasteiger charge is 2.33. The Bertz CT molecular complexity index is 243. The zero-order valence-corrected chi connectivity index (χ0v) is 13.2. The number of aliphatic imine (C=N–C) groups is 1. The van der Waals surface area contributed by atoms with Crippen LogP contribution < -0.4 is 10.6 Å². The lowest BCUT2D eigenvalue weighted by molar-refractivity contribution is 0.0268. The number of hydrogen-bond acceptors (Lipinski definition) is 2. The number of nitrogens with zero attached hydrogens (tertiary/aromatic N) is 1. The van der Waals surface area contributed by atoms with Gasteiger partial charge in [0.1, 0.15) is 0 Å². The number of hydrogen-bond donors (Lipinski definition) is 2. The zero-order chi connectivity index (χ0) is 11.5. The molecule has 0 spiro atoms. The van der Waals surface area contributed by atoms with E-state index in [0.29, 0.717) is 6.04 Å². The van der Waals surface area contributed by atoms with Crippen LogP contribution in [0.5, 0.6) is 0 Å². The predicted octanol–water partition coefficient (Wildman–Crippen LogP) is 1.60. The van der Waals surface area contributed by atoms with Gasteiger partial charge in [0.2, 0.25) is 0 Å². The molecule has 0 radical (unpaired) electrons. The Balaban J connectivity index is 0.00000225. The van der Waals surface area contributed by atoms with Crippen molar-refractivity contribution in [3.8, 4) is 0 Å². The first-order chi connectivity index (χ1) is 6.98. The molecular formula is C11H24IN3O. The second-order valence-corrected chi connectivity index (χ2v) is 4.85. The van der Waals surface area contributed by atoms with E-state index in [9.17, 15) is 0 Å². The van der Waals surface area contributed by atoms with Gasteiger partial charge in [0.05, 0.1) is 5.60 Å². The summed E-state index contributed by atoms with van der Waals surface area (Å²) in [5.74, 6) is 1.65. The zero-order valence-electron chi connectivity index (χ0n) is 10.8. The van der Waals surface area contributed by atoms with Crippen molar-refractivity contribution in [3.05, 3.63) is 0 Å². The molecule has 0 bridgehead atoms. The van der Waals surface area contributed by atoms with Gasteiger partial charge in [0.15, 0.2) is 5.96 Å². The van der Waals surface area contributed by atoms with Gasteiger partial charge in [-0.2, -0.15) is 0 Å². The first-order valence-electron chi connectivity index (χ1n) is 5.51. The van der Waals surface area contributed by atoms with Gasteiger partial charge in [-0.3, -0.25) is 4.99 Å². The molecule has 2 atom stereocenters. The second-order valence-electron chi connectivity index (χ2n) is 4.85. The molecule has 2 N–H and O–H groups in total. The maximum absolute atomic E-state index is 5.33. The third-order valence-corrected chi connectivity index (χ3v) is 2.89. The Morgan fingerprint density at radius 1 is 1.50 bits per heavy atom. The maximum atomic E-state index is 5.33. The molecule has 0 amide bonds. The molecule has 0 heterocycles. The van der Waals surface area contributed by atoms with Gasteiger partial charge in [-0.15, -0.1) is 24.0 Å². The summed E-state index contributed by atoms with van der Waals surface area (Å²) in [5, 5.41) is 6.64. The Hall–Kier alpha value is -0.0400. The molecule has 96 valence electrons. The van der Waals surface area contributed by atoms with Crippen molar-refractivity contribution in [3.63, 3.8) is 0 Å².